The second kappa shape index (κ2) is 43.7. The molecule has 2 atom stereocenters. The van der Waals surface area contributed by atoms with E-state index in [1.165, 1.54) is 122 Å². The Kier molecular flexibility index (Phi) is 43.7. The Hall–Kier alpha value is -2.05. The molecule has 0 aromatic heterocycles. The predicted molar refractivity (Wildman–Crippen MR) is 230 cm³/mol. The second-order valence-corrected chi connectivity index (χ2v) is 16.1. The van der Waals surface area contributed by atoms with Crippen LogP contribution in [0.1, 0.15) is 240 Å². The molecule has 0 aliphatic heterocycles. The smallest absolute Gasteiger partial charge is 0.407 e. The first kappa shape index (κ1) is 54.1. The fraction of sp³-hybridized carbons (Fsp3) is 0.894. The quantitative estimate of drug-likeness (QED) is 0.0367. The molecule has 0 saturated carbocycles. The molecule has 0 heterocycles. The van der Waals surface area contributed by atoms with Gasteiger partial charge < -0.3 is 19.9 Å². The molecule has 0 aliphatic rings. The van der Waals surface area contributed by atoms with Crippen molar-refractivity contribution in [2.75, 3.05) is 13.2 Å². The third-order valence-corrected chi connectivity index (χ3v) is 10.6. The molecule has 0 radical (unpaired) electrons. The lowest BCUT2D eigenvalue weighted by atomic mass is 9.85. The predicted octanol–water partition coefficient (Wildman–Crippen LogP) is 14.7. The van der Waals surface area contributed by atoms with E-state index >= 15 is 0 Å². The van der Waals surface area contributed by atoms with E-state index in [-0.39, 0.29) is 19.1 Å². The van der Waals surface area contributed by atoms with Gasteiger partial charge in [0.1, 0.15) is 6.10 Å². The van der Waals surface area contributed by atoms with E-state index in [0.29, 0.717) is 13.0 Å². The summed E-state index contributed by atoms with van der Waals surface area (Å²) >= 11 is 0. The number of ether oxygens (including phenoxy) is 2. The van der Waals surface area contributed by atoms with Gasteiger partial charge in [0, 0.05) is 19.0 Å². The molecule has 0 aromatic carbocycles. The van der Waals surface area contributed by atoms with Crippen LogP contribution >= 0.6 is 0 Å². The van der Waals surface area contributed by atoms with Crippen LogP contribution in [0.2, 0.25) is 0 Å². The first-order valence-corrected chi connectivity index (χ1v) is 23.2. The molecule has 0 fully saturated rings. The number of esters is 1. The normalized spacial score (nSPS) is 12.1. The number of carboxylic acid groups (broad SMARTS) is 1. The molecule has 0 bridgehead atoms. The van der Waals surface area contributed by atoms with Crippen molar-refractivity contribution < 1.29 is 29.0 Å². The zero-order chi connectivity index (χ0) is 40.3. The average molecular weight is 766 g/mol. The molecule has 54 heavy (non-hydrogen) atoms. The van der Waals surface area contributed by atoms with Crippen LogP contribution in [0.5, 0.6) is 0 Å². The molecule has 7 nitrogen and oxygen atoms in total. The van der Waals surface area contributed by atoms with Gasteiger partial charge in [-0.15, -0.1) is 0 Å². The number of amides is 1. The maximum atomic E-state index is 12.1. The van der Waals surface area contributed by atoms with Crippen LogP contribution in [0.3, 0.4) is 0 Å². The van der Waals surface area contributed by atoms with Gasteiger partial charge in [0.2, 0.25) is 0 Å². The number of carbonyl (C=O) groups excluding carboxylic acids is 2. The number of unbranched alkanes of at least 4 members (excludes halogenated alkanes) is 22. The van der Waals surface area contributed by atoms with E-state index in [1.807, 2.05) is 0 Å². The summed E-state index contributed by atoms with van der Waals surface area (Å²) in [6, 6.07) is 0. The maximum absolute atomic E-state index is 12.1. The number of aliphatic carboxylic acids is 1. The minimum atomic E-state index is -0.709. The summed E-state index contributed by atoms with van der Waals surface area (Å²) in [6.45, 7) is 15.6. The molecule has 320 valence electrons. The first-order valence-electron chi connectivity index (χ1n) is 23.2. The molecule has 0 aromatic rings. The van der Waals surface area contributed by atoms with Gasteiger partial charge in [0.25, 0.3) is 0 Å². The number of hydrogen-bond donors (Lipinski definition) is 2. The number of alkyl carbamates (subject to hydrolysis) is 1. The summed E-state index contributed by atoms with van der Waals surface area (Å²) < 4.78 is 10.5. The van der Waals surface area contributed by atoms with Crippen molar-refractivity contribution in [3.05, 3.63) is 12.7 Å². The summed E-state index contributed by atoms with van der Waals surface area (Å²) in [6.07, 6.45) is 39.7. The number of carboxylic acids is 1. The Bertz CT molecular complexity index is 831. The first-order chi connectivity index (χ1) is 26.2. The molecule has 1 amide bonds. The molecule has 0 rings (SSSR count). The van der Waals surface area contributed by atoms with Gasteiger partial charge in [-0.3, -0.25) is 4.79 Å². The van der Waals surface area contributed by atoms with Crippen molar-refractivity contribution in [2.45, 2.75) is 246 Å². The fourth-order valence-corrected chi connectivity index (χ4v) is 7.00. The third kappa shape index (κ3) is 42.7. The number of nitrogens with one attached hydrogen (secondary N) is 1. The van der Waals surface area contributed by atoms with E-state index < -0.39 is 18.0 Å². The highest BCUT2D eigenvalue weighted by Gasteiger charge is 2.15. The number of hydrogen-bond acceptors (Lipinski definition) is 5. The SMILES string of the molecule is C=CC(=O)OCCCNC(=O)OC(CCCCCC)CCCCCCCCCCC(=O)O.CCCCCCCCCCCCC(CCCCCC)C(C)C. The van der Waals surface area contributed by atoms with Crippen LogP contribution in [0.25, 0.3) is 0 Å². The largest absolute Gasteiger partial charge is 0.481 e. The highest BCUT2D eigenvalue weighted by atomic mass is 16.6. The Morgan fingerprint density at radius 3 is 1.37 bits per heavy atom. The number of rotatable bonds is 39. The standard InChI is InChI=1S/C25H45NO6.C22H46/c1-3-5-6-13-17-22(32-25(30)26-20-16-21-31-24(29)4-2)18-14-11-9-7-8-10-12-15-19-23(27)28;1-5-7-9-11-12-13-14-15-16-18-20-22(21(3)4)19-17-10-8-6-2/h4,22H,2-3,5-21H2,1H3,(H,26,30)(H,27,28);21-22H,5-20H2,1-4H3. The third-order valence-electron chi connectivity index (χ3n) is 10.6. The van der Waals surface area contributed by atoms with Gasteiger partial charge >= 0.3 is 18.0 Å². The van der Waals surface area contributed by atoms with Crippen molar-refractivity contribution in [1.82, 2.24) is 5.32 Å². The summed E-state index contributed by atoms with van der Waals surface area (Å²) in [5.41, 5.74) is 0. The maximum Gasteiger partial charge on any atom is 0.407 e. The summed E-state index contributed by atoms with van der Waals surface area (Å²) in [5, 5.41) is 11.4. The van der Waals surface area contributed by atoms with Crippen molar-refractivity contribution in [2.24, 2.45) is 11.8 Å². The van der Waals surface area contributed by atoms with E-state index in [1.54, 1.807) is 0 Å². The summed E-state index contributed by atoms with van der Waals surface area (Å²) in [4.78, 5) is 33.6. The molecule has 2 unspecified atom stereocenters. The minimum absolute atomic E-state index is 0.0542. The van der Waals surface area contributed by atoms with Crippen LogP contribution in [0, 0.1) is 11.8 Å². The van der Waals surface area contributed by atoms with Gasteiger partial charge in [0.15, 0.2) is 0 Å². The monoisotopic (exact) mass is 766 g/mol. The van der Waals surface area contributed by atoms with Crippen molar-refractivity contribution >= 4 is 18.0 Å². The Morgan fingerprint density at radius 2 is 0.963 bits per heavy atom. The molecule has 2 N–H and O–H groups in total. The van der Waals surface area contributed by atoms with Gasteiger partial charge in [-0.2, -0.15) is 0 Å². The van der Waals surface area contributed by atoms with E-state index in [4.69, 9.17) is 14.6 Å². The van der Waals surface area contributed by atoms with Crippen LogP contribution < -0.4 is 5.32 Å². The minimum Gasteiger partial charge on any atom is -0.481 e. The fourth-order valence-electron chi connectivity index (χ4n) is 7.00. The zero-order valence-corrected chi connectivity index (χ0v) is 36.5. The van der Waals surface area contributed by atoms with E-state index in [2.05, 4.69) is 46.5 Å². The topological polar surface area (TPSA) is 102 Å². The van der Waals surface area contributed by atoms with Crippen LogP contribution in [-0.2, 0) is 19.1 Å². The molecule has 0 saturated heterocycles. The molecular formula is C47H91NO6. The number of carbonyl (C=O) groups is 3. The van der Waals surface area contributed by atoms with Crippen LogP contribution in [-0.4, -0.2) is 42.4 Å². The van der Waals surface area contributed by atoms with Gasteiger partial charge in [-0.25, -0.2) is 9.59 Å². The van der Waals surface area contributed by atoms with Crippen molar-refractivity contribution in [1.29, 1.82) is 0 Å². The summed E-state index contributed by atoms with van der Waals surface area (Å²) in [5.74, 6) is 0.711. The molecule has 0 aliphatic carbocycles. The molecule has 0 spiro atoms. The van der Waals surface area contributed by atoms with Gasteiger partial charge in [0.05, 0.1) is 6.61 Å². The van der Waals surface area contributed by atoms with Crippen LogP contribution in [0.4, 0.5) is 4.79 Å². The lowest BCUT2D eigenvalue weighted by Crippen LogP contribution is -2.30. The van der Waals surface area contributed by atoms with Gasteiger partial charge in [-0.05, 0) is 50.4 Å². The van der Waals surface area contributed by atoms with Gasteiger partial charge in [-0.1, -0.05) is 202 Å². The van der Waals surface area contributed by atoms with E-state index in [0.717, 1.165) is 88.5 Å². The average Bonchev–Trinajstić information content (AvgIpc) is 3.15. The van der Waals surface area contributed by atoms with Crippen LogP contribution in [0.15, 0.2) is 12.7 Å². The Labute approximate surface area is 335 Å². The highest BCUT2D eigenvalue weighted by molar-refractivity contribution is 5.81. The molecular weight excluding hydrogens is 675 g/mol. The zero-order valence-electron chi connectivity index (χ0n) is 36.5. The van der Waals surface area contributed by atoms with Crippen molar-refractivity contribution in [3.8, 4) is 0 Å². The molecule has 7 heteroatoms. The highest BCUT2D eigenvalue weighted by Crippen LogP contribution is 2.25. The lowest BCUT2D eigenvalue weighted by Gasteiger charge is -2.20. The lowest BCUT2D eigenvalue weighted by molar-refractivity contribution is -0.138. The Balaban J connectivity index is 0. The second-order valence-electron chi connectivity index (χ2n) is 16.1. The van der Waals surface area contributed by atoms with Crippen molar-refractivity contribution in [3.63, 3.8) is 0 Å². The van der Waals surface area contributed by atoms with E-state index in [9.17, 15) is 14.4 Å². The Morgan fingerprint density at radius 1 is 0.574 bits per heavy atom. The summed E-state index contributed by atoms with van der Waals surface area (Å²) in [7, 11) is 0.